The van der Waals surface area contributed by atoms with Crippen LogP contribution in [0.1, 0.15) is 34.5 Å². The van der Waals surface area contributed by atoms with Gasteiger partial charge in [0.15, 0.2) is 0 Å². The topological polar surface area (TPSA) is 71.8 Å². The highest BCUT2D eigenvalue weighted by atomic mass is 35.5. The second kappa shape index (κ2) is 9.89. The van der Waals surface area contributed by atoms with E-state index < -0.39 is 0 Å². The molecular weight excluding hydrogens is 498 g/mol. The molecule has 35 heavy (non-hydrogen) atoms. The Kier molecular flexibility index (Phi) is 6.69. The molecule has 3 heterocycles. The minimum absolute atomic E-state index is 0.158. The van der Waals surface area contributed by atoms with E-state index in [1.165, 1.54) is 11.8 Å². The van der Waals surface area contributed by atoms with Crippen LogP contribution in [0.25, 0.3) is 0 Å². The molecule has 2 aromatic carbocycles. The lowest BCUT2D eigenvalue weighted by Crippen LogP contribution is -2.31. The van der Waals surface area contributed by atoms with Crippen LogP contribution >= 0.6 is 34.7 Å². The number of nitrogens with zero attached hydrogens (tertiary/aromatic N) is 3. The van der Waals surface area contributed by atoms with E-state index in [9.17, 15) is 4.79 Å². The Morgan fingerprint density at radius 1 is 1.17 bits per heavy atom. The molecule has 1 aliphatic heterocycles. The van der Waals surface area contributed by atoms with Crippen LogP contribution in [0.3, 0.4) is 0 Å². The first-order valence-electron chi connectivity index (χ1n) is 11.1. The largest absolute Gasteiger partial charge is 0.328 e. The van der Waals surface area contributed by atoms with Crippen LogP contribution in [-0.4, -0.2) is 20.7 Å². The summed E-state index contributed by atoms with van der Waals surface area (Å²) in [6, 6.07) is 17.4. The summed E-state index contributed by atoms with van der Waals surface area (Å²) in [5, 5.41) is 14.6. The molecule has 0 aliphatic carbocycles. The number of nitrogens with one attached hydrogen (secondary N) is 2. The lowest BCUT2D eigenvalue weighted by Gasteiger charge is -2.27. The van der Waals surface area contributed by atoms with E-state index >= 15 is 0 Å². The van der Waals surface area contributed by atoms with Gasteiger partial charge in [-0.05, 0) is 61.5 Å². The van der Waals surface area contributed by atoms with Gasteiger partial charge in [-0.1, -0.05) is 59.3 Å². The van der Waals surface area contributed by atoms with Gasteiger partial charge in [-0.2, -0.15) is 4.98 Å². The normalized spacial score (nSPS) is 15.0. The number of carbonyl (C=O) groups excluding carboxylic acids is 1. The molecule has 9 heteroatoms. The zero-order chi connectivity index (χ0) is 24.5. The summed E-state index contributed by atoms with van der Waals surface area (Å²) < 4.78 is 1.82. The lowest BCUT2D eigenvalue weighted by atomic mass is 10.0. The standard InChI is InChI=1S/C26H24ClN5OS2/c1-15-9-10-20(16(2)12-15)29-24(33)22-17(3)28-25-30-26(35-14-18-6-4-7-19(27)13-18)31-32(25)23(22)21-8-5-11-34-21/h4-13,23H,14H2,1-3H3,(H,29,33)(H,28,30,31)/t23-/m1/s1. The van der Waals surface area contributed by atoms with Crippen LogP contribution in [0, 0.1) is 13.8 Å². The van der Waals surface area contributed by atoms with Crippen LogP contribution in [0.2, 0.25) is 5.02 Å². The third kappa shape index (κ3) is 5.00. The molecule has 2 N–H and O–H groups in total. The highest BCUT2D eigenvalue weighted by molar-refractivity contribution is 7.98. The summed E-state index contributed by atoms with van der Waals surface area (Å²) in [4.78, 5) is 19.3. The van der Waals surface area contributed by atoms with Crippen molar-refractivity contribution >= 4 is 52.2 Å². The maximum Gasteiger partial charge on any atom is 0.255 e. The van der Waals surface area contributed by atoms with Gasteiger partial charge in [0.2, 0.25) is 11.1 Å². The smallest absolute Gasteiger partial charge is 0.255 e. The van der Waals surface area contributed by atoms with Gasteiger partial charge in [0, 0.05) is 27.0 Å². The Morgan fingerprint density at radius 2 is 2.03 bits per heavy atom. The number of carbonyl (C=O) groups is 1. The molecule has 178 valence electrons. The number of hydrogen-bond acceptors (Lipinski definition) is 6. The van der Waals surface area contributed by atoms with Crippen LogP contribution in [0.5, 0.6) is 0 Å². The maximum atomic E-state index is 13.6. The number of fused-ring (bicyclic) bond motifs is 1. The molecule has 1 atom stereocenters. The predicted octanol–water partition coefficient (Wildman–Crippen LogP) is 6.83. The number of benzene rings is 2. The van der Waals surface area contributed by atoms with E-state index in [1.54, 1.807) is 11.3 Å². The average molecular weight is 522 g/mol. The first kappa shape index (κ1) is 23.7. The summed E-state index contributed by atoms with van der Waals surface area (Å²) >= 11 is 9.26. The number of aromatic nitrogens is 3. The van der Waals surface area contributed by atoms with E-state index in [0.717, 1.165) is 33.0 Å². The number of anilines is 2. The van der Waals surface area contributed by atoms with Crippen molar-refractivity contribution in [1.82, 2.24) is 14.8 Å². The zero-order valence-electron chi connectivity index (χ0n) is 19.5. The molecule has 6 nitrogen and oxygen atoms in total. The summed E-state index contributed by atoms with van der Waals surface area (Å²) in [5.41, 5.74) is 5.46. The predicted molar refractivity (Wildman–Crippen MR) is 144 cm³/mol. The van der Waals surface area contributed by atoms with Crippen molar-refractivity contribution in [2.75, 3.05) is 10.6 Å². The van der Waals surface area contributed by atoms with Gasteiger partial charge in [0.25, 0.3) is 5.91 Å². The number of rotatable bonds is 6. The molecule has 0 radical (unpaired) electrons. The van der Waals surface area contributed by atoms with Gasteiger partial charge >= 0.3 is 0 Å². The van der Waals surface area contributed by atoms with Crippen molar-refractivity contribution in [3.63, 3.8) is 0 Å². The number of hydrogen-bond donors (Lipinski definition) is 2. The van der Waals surface area contributed by atoms with E-state index in [2.05, 4.69) is 16.7 Å². The van der Waals surface area contributed by atoms with Gasteiger partial charge in [-0.25, -0.2) is 4.68 Å². The van der Waals surface area contributed by atoms with Crippen molar-refractivity contribution < 1.29 is 4.79 Å². The molecule has 1 amide bonds. The van der Waals surface area contributed by atoms with E-state index in [-0.39, 0.29) is 11.9 Å². The number of thiophene rings is 1. The Hall–Kier alpha value is -3.07. The monoisotopic (exact) mass is 521 g/mol. The van der Waals surface area contributed by atoms with Crippen molar-refractivity contribution in [2.24, 2.45) is 0 Å². The van der Waals surface area contributed by atoms with Gasteiger partial charge in [0.05, 0.1) is 5.57 Å². The molecule has 2 aromatic heterocycles. The quantitative estimate of drug-likeness (QED) is 0.272. The molecule has 0 saturated carbocycles. The Balaban J connectivity index is 1.45. The number of halogens is 1. The Morgan fingerprint density at radius 3 is 2.77 bits per heavy atom. The molecule has 5 rings (SSSR count). The van der Waals surface area contributed by atoms with Crippen LogP contribution in [-0.2, 0) is 10.5 Å². The minimum atomic E-state index is -0.370. The third-order valence-corrected chi connectivity index (χ3v) is 7.85. The summed E-state index contributed by atoms with van der Waals surface area (Å²) in [5.74, 6) is 1.16. The van der Waals surface area contributed by atoms with Gasteiger partial charge in [-0.15, -0.1) is 16.4 Å². The second-order valence-electron chi connectivity index (χ2n) is 8.44. The molecule has 0 spiro atoms. The zero-order valence-corrected chi connectivity index (χ0v) is 21.9. The number of thioether (sulfide) groups is 1. The molecule has 1 aliphatic rings. The average Bonchev–Trinajstić information content (AvgIpc) is 3.48. The molecule has 0 saturated heterocycles. The fraction of sp³-hybridized carbons (Fsp3) is 0.192. The third-order valence-electron chi connectivity index (χ3n) is 5.78. The summed E-state index contributed by atoms with van der Waals surface area (Å²) in [6.07, 6.45) is 0. The van der Waals surface area contributed by atoms with Crippen LogP contribution in [0.15, 0.2) is 76.4 Å². The fourth-order valence-corrected chi connectivity index (χ4v) is 5.92. The van der Waals surface area contributed by atoms with Gasteiger partial charge in [0.1, 0.15) is 6.04 Å². The number of allylic oxidation sites excluding steroid dienone is 1. The van der Waals surface area contributed by atoms with Crippen molar-refractivity contribution in [3.8, 4) is 0 Å². The van der Waals surface area contributed by atoms with Crippen molar-refractivity contribution in [1.29, 1.82) is 0 Å². The fourth-order valence-electron chi connectivity index (χ4n) is 4.11. The maximum absolute atomic E-state index is 13.6. The minimum Gasteiger partial charge on any atom is -0.328 e. The van der Waals surface area contributed by atoms with E-state index in [4.69, 9.17) is 21.7 Å². The summed E-state index contributed by atoms with van der Waals surface area (Å²) in [6.45, 7) is 5.95. The first-order chi connectivity index (χ1) is 16.9. The number of aryl methyl sites for hydroxylation is 2. The Bertz CT molecular complexity index is 1430. The van der Waals surface area contributed by atoms with Gasteiger partial charge in [-0.3, -0.25) is 4.79 Å². The van der Waals surface area contributed by atoms with E-state index in [0.29, 0.717) is 27.5 Å². The second-order valence-corrected chi connectivity index (χ2v) is 10.8. The highest BCUT2D eigenvalue weighted by Crippen LogP contribution is 2.38. The van der Waals surface area contributed by atoms with Crippen LogP contribution < -0.4 is 10.6 Å². The first-order valence-corrected chi connectivity index (χ1v) is 13.4. The molecular formula is C26H24ClN5OS2. The molecule has 4 aromatic rings. The molecule has 0 bridgehead atoms. The van der Waals surface area contributed by atoms with Gasteiger partial charge < -0.3 is 10.6 Å². The van der Waals surface area contributed by atoms with Crippen molar-refractivity contribution in [2.45, 2.75) is 37.7 Å². The van der Waals surface area contributed by atoms with E-state index in [1.807, 2.05) is 79.4 Å². The lowest BCUT2D eigenvalue weighted by molar-refractivity contribution is -0.113. The van der Waals surface area contributed by atoms with Crippen molar-refractivity contribution in [3.05, 3.63) is 97.8 Å². The van der Waals surface area contributed by atoms with Crippen LogP contribution in [0.4, 0.5) is 11.6 Å². The molecule has 0 fully saturated rings. The SMILES string of the molecule is CC1=C(C(=O)Nc2ccc(C)cc2C)[C@@H](c2cccs2)n2nc(SCc3cccc(Cl)c3)nc2N1. The Labute approximate surface area is 217 Å². The molecule has 0 unspecified atom stereocenters. The number of amides is 1. The summed E-state index contributed by atoms with van der Waals surface area (Å²) in [7, 11) is 0. The highest BCUT2D eigenvalue weighted by Gasteiger charge is 2.35.